The van der Waals surface area contributed by atoms with Gasteiger partial charge in [0.1, 0.15) is 5.82 Å². The van der Waals surface area contributed by atoms with E-state index in [9.17, 15) is 4.39 Å². The maximum Gasteiger partial charge on any atom is 0.225 e. The van der Waals surface area contributed by atoms with Crippen LogP contribution in [0.5, 0.6) is 0 Å². The van der Waals surface area contributed by atoms with E-state index in [1.54, 1.807) is 30.9 Å². The van der Waals surface area contributed by atoms with Crippen LogP contribution in [0.25, 0.3) is 17.0 Å². The molecule has 1 aliphatic rings. The summed E-state index contributed by atoms with van der Waals surface area (Å²) in [5.41, 5.74) is 1.34. The van der Waals surface area contributed by atoms with Crippen LogP contribution in [0.1, 0.15) is 0 Å². The van der Waals surface area contributed by atoms with Crippen LogP contribution in [0.15, 0.2) is 55.1 Å². The molecule has 9 heteroatoms. The highest BCUT2D eigenvalue weighted by molar-refractivity contribution is 5.69. The average molecular weight is 376 g/mol. The maximum absolute atomic E-state index is 13.6. The van der Waals surface area contributed by atoms with Gasteiger partial charge in [0.25, 0.3) is 0 Å². The highest BCUT2D eigenvalue weighted by atomic mass is 19.1. The standard InChI is InChI=1S/C19H17FN8/c20-15-4-1-3-14(13-15)16-24-25-18-17(21-7-8-28(16)18)26-9-11-27(12-10-26)19-22-5-2-6-23-19/h1-8,13H,9-12H2. The van der Waals surface area contributed by atoms with Gasteiger partial charge in [0.05, 0.1) is 0 Å². The molecule has 1 fully saturated rings. The zero-order valence-corrected chi connectivity index (χ0v) is 15.0. The van der Waals surface area contributed by atoms with Crippen LogP contribution >= 0.6 is 0 Å². The number of piperazine rings is 1. The summed E-state index contributed by atoms with van der Waals surface area (Å²) in [6, 6.07) is 8.16. The lowest BCUT2D eigenvalue weighted by molar-refractivity contribution is 0.628. The first-order valence-corrected chi connectivity index (χ1v) is 9.02. The third-order valence-electron chi connectivity index (χ3n) is 4.81. The van der Waals surface area contributed by atoms with Crippen LogP contribution in [0.3, 0.4) is 0 Å². The lowest BCUT2D eigenvalue weighted by atomic mass is 10.2. The second kappa shape index (κ2) is 6.84. The van der Waals surface area contributed by atoms with Crippen molar-refractivity contribution >= 4 is 17.4 Å². The fourth-order valence-electron chi connectivity index (χ4n) is 3.43. The van der Waals surface area contributed by atoms with Gasteiger partial charge < -0.3 is 9.80 Å². The van der Waals surface area contributed by atoms with Gasteiger partial charge in [0.15, 0.2) is 11.6 Å². The second-order valence-electron chi connectivity index (χ2n) is 6.50. The largest absolute Gasteiger partial charge is 0.350 e. The molecule has 0 unspecified atom stereocenters. The van der Waals surface area contributed by atoms with Crippen molar-refractivity contribution in [3.05, 3.63) is 60.9 Å². The number of rotatable bonds is 3. The average Bonchev–Trinajstić information content (AvgIpc) is 3.19. The Labute approximate surface area is 160 Å². The molecule has 1 aromatic carbocycles. The Hall–Kier alpha value is -3.62. The van der Waals surface area contributed by atoms with Crippen molar-refractivity contribution in [2.24, 2.45) is 0 Å². The number of nitrogens with zero attached hydrogens (tertiary/aromatic N) is 8. The van der Waals surface area contributed by atoms with Crippen LogP contribution in [0, 0.1) is 5.82 Å². The SMILES string of the molecule is Fc1cccc(-c2nnc3c(N4CCN(c5ncccn5)CC4)nccn23)c1. The molecule has 0 radical (unpaired) electrons. The predicted octanol–water partition coefficient (Wildman–Crippen LogP) is 2.05. The van der Waals surface area contributed by atoms with Gasteiger partial charge in [0, 0.05) is 56.5 Å². The molecule has 28 heavy (non-hydrogen) atoms. The van der Waals surface area contributed by atoms with Crippen molar-refractivity contribution in [3.8, 4) is 11.4 Å². The molecule has 0 N–H and O–H groups in total. The van der Waals surface area contributed by atoms with Gasteiger partial charge >= 0.3 is 0 Å². The van der Waals surface area contributed by atoms with Gasteiger partial charge in [-0.1, -0.05) is 12.1 Å². The summed E-state index contributed by atoms with van der Waals surface area (Å²) in [4.78, 5) is 17.5. The Morgan fingerprint density at radius 2 is 1.61 bits per heavy atom. The fourth-order valence-corrected chi connectivity index (χ4v) is 3.43. The first kappa shape index (κ1) is 16.5. The zero-order valence-electron chi connectivity index (χ0n) is 15.0. The van der Waals surface area contributed by atoms with Gasteiger partial charge in [-0.2, -0.15) is 0 Å². The molecule has 0 saturated carbocycles. The number of hydrogen-bond acceptors (Lipinski definition) is 7. The number of hydrogen-bond donors (Lipinski definition) is 0. The van der Waals surface area contributed by atoms with Crippen LogP contribution < -0.4 is 9.80 Å². The third kappa shape index (κ3) is 2.90. The van der Waals surface area contributed by atoms with E-state index in [1.165, 1.54) is 12.1 Å². The van der Waals surface area contributed by atoms with E-state index in [0.29, 0.717) is 17.0 Å². The number of aromatic nitrogens is 6. The van der Waals surface area contributed by atoms with E-state index in [-0.39, 0.29) is 5.82 Å². The van der Waals surface area contributed by atoms with Gasteiger partial charge in [-0.3, -0.25) is 4.40 Å². The second-order valence-corrected chi connectivity index (χ2v) is 6.50. The molecule has 4 aromatic rings. The maximum atomic E-state index is 13.6. The predicted molar refractivity (Wildman–Crippen MR) is 103 cm³/mol. The Balaban J connectivity index is 1.43. The Morgan fingerprint density at radius 1 is 0.821 bits per heavy atom. The minimum atomic E-state index is -0.303. The van der Waals surface area contributed by atoms with Gasteiger partial charge in [-0.15, -0.1) is 10.2 Å². The van der Waals surface area contributed by atoms with Crippen molar-refractivity contribution in [2.75, 3.05) is 36.0 Å². The first-order valence-electron chi connectivity index (χ1n) is 9.02. The normalized spacial score (nSPS) is 14.6. The van der Waals surface area contributed by atoms with E-state index in [1.807, 2.05) is 16.5 Å². The fraction of sp³-hybridized carbons (Fsp3) is 0.211. The van der Waals surface area contributed by atoms with E-state index in [4.69, 9.17) is 0 Å². The molecule has 1 saturated heterocycles. The van der Waals surface area contributed by atoms with Crippen LogP contribution in [0.2, 0.25) is 0 Å². The summed E-state index contributed by atoms with van der Waals surface area (Å²) in [5.74, 6) is 1.80. The van der Waals surface area contributed by atoms with Gasteiger partial charge in [0.2, 0.25) is 11.6 Å². The van der Waals surface area contributed by atoms with Crippen molar-refractivity contribution < 1.29 is 4.39 Å². The monoisotopic (exact) mass is 376 g/mol. The molecular weight excluding hydrogens is 359 g/mol. The summed E-state index contributed by atoms with van der Waals surface area (Å²) in [7, 11) is 0. The lowest BCUT2D eigenvalue weighted by Crippen LogP contribution is -2.47. The molecule has 140 valence electrons. The van der Waals surface area contributed by atoms with Crippen molar-refractivity contribution in [1.82, 2.24) is 29.5 Å². The summed E-state index contributed by atoms with van der Waals surface area (Å²) in [6.07, 6.45) is 7.02. The minimum absolute atomic E-state index is 0.303. The minimum Gasteiger partial charge on any atom is -0.350 e. The number of anilines is 2. The molecule has 4 heterocycles. The molecule has 0 aliphatic carbocycles. The summed E-state index contributed by atoms with van der Waals surface area (Å²) in [5, 5.41) is 8.60. The molecule has 0 spiro atoms. The topological polar surface area (TPSA) is 75.3 Å². The number of fused-ring (bicyclic) bond motifs is 1. The van der Waals surface area contributed by atoms with E-state index >= 15 is 0 Å². The molecule has 0 bridgehead atoms. The van der Waals surface area contributed by atoms with Crippen molar-refractivity contribution in [2.45, 2.75) is 0 Å². The Bertz CT molecular complexity index is 1110. The van der Waals surface area contributed by atoms with E-state index < -0.39 is 0 Å². The molecule has 8 nitrogen and oxygen atoms in total. The molecule has 5 rings (SSSR count). The van der Waals surface area contributed by atoms with E-state index in [0.717, 1.165) is 37.9 Å². The highest BCUT2D eigenvalue weighted by Gasteiger charge is 2.23. The molecule has 1 aliphatic heterocycles. The summed E-state index contributed by atoms with van der Waals surface area (Å²) >= 11 is 0. The molecule has 3 aromatic heterocycles. The Morgan fingerprint density at radius 3 is 2.39 bits per heavy atom. The van der Waals surface area contributed by atoms with Crippen molar-refractivity contribution in [1.29, 1.82) is 0 Å². The Kier molecular flexibility index (Phi) is 4.04. The number of benzene rings is 1. The molecular formula is C19H17FN8. The van der Waals surface area contributed by atoms with E-state index in [2.05, 4.69) is 34.9 Å². The summed E-state index contributed by atoms with van der Waals surface area (Å²) < 4.78 is 15.5. The van der Waals surface area contributed by atoms with Gasteiger partial charge in [-0.25, -0.2) is 19.3 Å². The first-order chi connectivity index (χ1) is 13.8. The van der Waals surface area contributed by atoms with Crippen LogP contribution in [-0.4, -0.2) is 55.7 Å². The third-order valence-corrected chi connectivity index (χ3v) is 4.81. The lowest BCUT2D eigenvalue weighted by Gasteiger charge is -2.35. The van der Waals surface area contributed by atoms with Crippen molar-refractivity contribution in [3.63, 3.8) is 0 Å². The molecule has 0 amide bonds. The smallest absolute Gasteiger partial charge is 0.225 e. The van der Waals surface area contributed by atoms with Gasteiger partial charge in [-0.05, 0) is 18.2 Å². The number of halogens is 1. The highest BCUT2D eigenvalue weighted by Crippen LogP contribution is 2.24. The molecule has 0 atom stereocenters. The quantitative estimate of drug-likeness (QED) is 0.542. The zero-order chi connectivity index (χ0) is 18.9. The van der Waals surface area contributed by atoms with Crippen LogP contribution in [0.4, 0.5) is 16.2 Å². The summed E-state index contributed by atoms with van der Waals surface area (Å²) in [6.45, 7) is 3.12. The van der Waals surface area contributed by atoms with Crippen LogP contribution in [-0.2, 0) is 0 Å².